The van der Waals surface area contributed by atoms with Crippen molar-refractivity contribution in [2.24, 2.45) is 4.99 Å². The van der Waals surface area contributed by atoms with Gasteiger partial charge in [-0.05, 0) is 50.5 Å². The average Bonchev–Trinajstić information content (AvgIpc) is 2.61. The molecule has 0 radical (unpaired) electrons. The Hall–Kier alpha value is -0.980. The molecule has 0 aromatic heterocycles. The Kier molecular flexibility index (Phi) is 10.8. The van der Waals surface area contributed by atoms with E-state index in [1.165, 1.54) is 16.4 Å². The van der Waals surface area contributed by atoms with E-state index in [0.29, 0.717) is 32.0 Å². The normalized spacial score (nSPS) is 20.8. The summed E-state index contributed by atoms with van der Waals surface area (Å²) < 4.78 is 45.4. The summed E-state index contributed by atoms with van der Waals surface area (Å²) >= 11 is 0. The van der Waals surface area contributed by atoms with Crippen LogP contribution in [0.1, 0.15) is 25.0 Å². The molecule has 7 nitrogen and oxygen atoms in total. The van der Waals surface area contributed by atoms with Crippen molar-refractivity contribution in [3.8, 4) is 0 Å². The third-order valence-corrected chi connectivity index (χ3v) is 6.45. The molecule has 2 unspecified atom stereocenters. The highest BCUT2D eigenvalue weighted by Gasteiger charge is 2.30. The first-order valence-electron chi connectivity index (χ1n) is 9.54. The zero-order valence-electron chi connectivity index (χ0n) is 17.4. The van der Waals surface area contributed by atoms with Crippen molar-refractivity contribution in [3.05, 3.63) is 35.1 Å². The summed E-state index contributed by atoms with van der Waals surface area (Å²) in [5, 5.41) is 6.20. The van der Waals surface area contributed by atoms with Gasteiger partial charge in [-0.3, -0.25) is 4.99 Å². The minimum atomic E-state index is -3.35. The van der Waals surface area contributed by atoms with Gasteiger partial charge in [0.2, 0.25) is 10.0 Å². The third-order valence-electron chi connectivity index (χ3n) is 4.65. The van der Waals surface area contributed by atoms with Crippen LogP contribution < -0.4 is 10.6 Å². The fourth-order valence-corrected chi connectivity index (χ4v) is 4.75. The minimum Gasteiger partial charge on any atom is -0.373 e. The molecule has 1 saturated heterocycles. The predicted octanol–water partition coefficient (Wildman–Crippen LogP) is 1.90. The van der Waals surface area contributed by atoms with Gasteiger partial charge >= 0.3 is 0 Å². The van der Waals surface area contributed by atoms with E-state index in [-0.39, 0.29) is 54.3 Å². The second-order valence-electron chi connectivity index (χ2n) is 7.14. The van der Waals surface area contributed by atoms with Crippen LogP contribution in [0.25, 0.3) is 0 Å². The lowest BCUT2D eigenvalue weighted by atomic mass is 10.1. The summed E-state index contributed by atoms with van der Waals surface area (Å²) in [7, 11) is -1.72. The number of ether oxygens (including phenoxy) is 1. The van der Waals surface area contributed by atoms with Crippen molar-refractivity contribution in [2.75, 3.05) is 39.0 Å². The van der Waals surface area contributed by atoms with Crippen LogP contribution >= 0.6 is 24.0 Å². The van der Waals surface area contributed by atoms with Gasteiger partial charge in [0, 0.05) is 33.2 Å². The maximum Gasteiger partial charge on any atom is 0.216 e. The van der Waals surface area contributed by atoms with E-state index in [1.807, 2.05) is 20.8 Å². The van der Waals surface area contributed by atoms with Gasteiger partial charge in [0.1, 0.15) is 5.82 Å². The molecule has 0 saturated carbocycles. The molecule has 166 valence electrons. The fourth-order valence-electron chi connectivity index (χ4n) is 3.26. The molecule has 0 spiro atoms. The second kappa shape index (κ2) is 12.0. The number of nitrogens with one attached hydrogen (secondary N) is 2. The molecule has 0 amide bonds. The van der Waals surface area contributed by atoms with E-state index in [4.69, 9.17) is 4.74 Å². The van der Waals surface area contributed by atoms with Crippen LogP contribution in [0.15, 0.2) is 23.2 Å². The summed E-state index contributed by atoms with van der Waals surface area (Å²) in [5.74, 6) is 0.292. The lowest BCUT2D eigenvalue weighted by molar-refractivity contribution is -0.0440. The Morgan fingerprint density at radius 2 is 1.86 bits per heavy atom. The van der Waals surface area contributed by atoms with Crippen LogP contribution in [0.3, 0.4) is 0 Å². The number of aryl methyl sites for hydroxylation is 1. The van der Waals surface area contributed by atoms with Gasteiger partial charge < -0.3 is 15.4 Å². The van der Waals surface area contributed by atoms with E-state index >= 15 is 0 Å². The number of rotatable bonds is 7. The van der Waals surface area contributed by atoms with Crippen molar-refractivity contribution >= 4 is 40.0 Å². The molecule has 1 aromatic carbocycles. The van der Waals surface area contributed by atoms with Crippen molar-refractivity contribution in [1.29, 1.82) is 0 Å². The van der Waals surface area contributed by atoms with Gasteiger partial charge in [0.25, 0.3) is 0 Å². The Morgan fingerprint density at radius 1 is 1.24 bits per heavy atom. The molecule has 2 atom stereocenters. The Bertz CT molecular complexity index is 782. The summed E-state index contributed by atoms with van der Waals surface area (Å²) in [6.07, 6.45) is 0.515. The summed E-state index contributed by atoms with van der Waals surface area (Å²) in [6, 6.07) is 4.74. The van der Waals surface area contributed by atoms with Gasteiger partial charge in [0.05, 0.1) is 18.0 Å². The summed E-state index contributed by atoms with van der Waals surface area (Å²) in [4.78, 5) is 4.12. The number of hydrogen-bond acceptors (Lipinski definition) is 4. The molecule has 0 aliphatic carbocycles. The van der Waals surface area contributed by atoms with Gasteiger partial charge in [-0.2, -0.15) is 4.31 Å². The number of sulfonamides is 1. The fraction of sp³-hybridized carbons (Fsp3) is 0.632. The Labute approximate surface area is 190 Å². The SMILES string of the molecule is CN=C(NCCc1ccc(F)cc1C)NCCS(=O)(=O)N1CC(C)OC(C)C1.I. The largest absolute Gasteiger partial charge is 0.373 e. The molecule has 1 aliphatic heterocycles. The molecule has 1 aromatic rings. The van der Waals surface area contributed by atoms with Crippen LogP contribution in [-0.2, 0) is 21.2 Å². The van der Waals surface area contributed by atoms with E-state index < -0.39 is 10.0 Å². The Morgan fingerprint density at radius 3 is 2.45 bits per heavy atom. The Balaban J connectivity index is 0.00000420. The van der Waals surface area contributed by atoms with Crippen molar-refractivity contribution in [2.45, 2.75) is 39.4 Å². The quantitative estimate of drug-likeness (QED) is 0.313. The minimum absolute atomic E-state index is 0. The first-order chi connectivity index (χ1) is 13.2. The average molecular weight is 542 g/mol. The van der Waals surface area contributed by atoms with Gasteiger partial charge in [-0.25, -0.2) is 12.8 Å². The zero-order valence-corrected chi connectivity index (χ0v) is 20.6. The molecule has 1 fully saturated rings. The second-order valence-corrected chi connectivity index (χ2v) is 9.23. The van der Waals surface area contributed by atoms with Crippen LogP contribution in [0.5, 0.6) is 0 Å². The predicted molar refractivity (Wildman–Crippen MR) is 125 cm³/mol. The van der Waals surface area contributed by atoms with Gasteiger partial charge in [-0.15, -0.1) is 24.0 Å². The molecule has 0 bridgehead atoms. The van der Waals surface area contributed by atoms with Gasteiger partial charge in [0.15, 0.2) is 5.96 Å². The number of halogens is 2. The number of aliphatic imine (C=N–C) groups is 1. The van der Waals surface area contributed by atoms with E-state index in [9.17, 15) is 12.8 Å². The molecule has 1 aliphatic rings. The van der Waals surface area contributed by atoms with Crippen LogP contribution in [0.4, 0.5) is 4.39 Å². The van der Waals surface area contributed by atoms with E-state index in [2.05, 4.69) is 15.6 Å². The number of hydrogen-bond donors (Lipinski definition) is 2. The smallest absolute Gasteiger partial charge is 0.216 e. The van der Waals surface area contributed by atoms with Crippen LogP contribution in [0.2, 0.25) is 0 Å². The first-order valence-corrected chi connectivity index (χ1v) is 11.1. The lowest BCUT2D eigenvalue weighted by Crippen LogP contribution is -2.50. The summed E-state index contributed by atoms with van der Waals surface area (Å²) in [6.45, 7) is 7.28. The first kappa shape index (κ1) is 26.1. The highest BCUT2D eigenvalue weighted by Crippen LogP contribution is 2.14. The standard InChI is InChI=1S/C19H31FN4O3S.HI/c1-14-11-18(20)6-5-17(14)7-8-22-19(21-4)23-9-10-28(25,26)24-12-15(2)27-16(3)13-24;/h5-6,11,15-16H,7-10,12-13H2,1-4H3,(H2,21,22,23);1H. The zero-order chi connectivity index (χ0) is 20.7. The molecule has 1 heterocycles. The summed E-state index contributed by atoms with van der Waals surface area (Å²) in [5.41, 5.74) is 1.97. The van der Waals surface area contributed by atoms with E-state index in [0.717, 1.165) is 11.1 Å². The monoisotopic (exact) mass is 542 g/mol. The molecular formula is C19H32FIN4O3S. The van der Waals surface area contributed by atoms with Gasteiger partial charge in [-0.1, -0.05) is 6.07 Å². The maximum atomic E-state index is 13.2. The molecule has 2 rings (SSSR count). The lowest BCUT2D eigenvalue weighted by Gasteiger charge is -2.34. The van der Waals surface area contributed by atoms with E-state index in [1.54, 1.807) is 13.1 Å². The maximum absolute atomic E-state index is 13.2. The highest BCUT2D eigenvalue weighted by molar-refractivity contribution is 14.0. The van der Waals surface area contributed by atoms with Crippen molar-refractivity contribution < 1.29 is 17.5 Å². The molecule has 10 heteroatoms. The van der Waals surface area contributed by atoms with Crippen LogP contribution in [0, 0.1) is 12.7 Å². The third kappa shape index (κ3) is 8.35. The molecular weight excluding hydrogens is 510 g/mol. The number of morpholine rings is 1. The highest BCUT2D eigenvalue weighted by atomic mass is 127. The number of benzene rings is 1. The van der Waals surface area contributed by atoms with Crippen molar-refractivity contribution in [1.82, 2.24) is 14.9 Å². The van der Waals surface area contributed by atoms with Crippen LogP contribution in [-0.4, -0.2) is 69.9 Å². The topological polar surface area (TPSA) is 83.0 Å². The molecule has 29 heavy (non-hydrogen) atoms. The number of nitrogens with zero attached hydrogens (tertiary/aromatic N) is 2. The number of guanidine groups is 1. The van der Waals surface area contributed by atoms with Crippen molar-refractivity contribution in [3.63, 3.8) is 0 Å². The molecule has 2 N–H and O–H groups in total.